The maximum atomic E-state index is 13.3. The van der Waals surface area contributed by atoms with E-state index in [-0.39, 0.29) is 23.9 Å². The van der Waals surface area contributed by atoms with Crippen molar-refractivity contribution in [3.63, 3.8) is 0 Å². The van der Waals surface area contributed by atoms with Crippen LogP contribution in [0.15, 0.2) is 38.9 Å². The summed E-state index contributed by atoms with van der Waals surface area (Å²) in [6.45, 7) is 4.49. The van der Waals surface area contributed by atoms with Gasteiger partial charge in [-0.25, -0.2) is 4.98 Å². The number of nitrogens with zero attached hydrogens (tertiary/aromatic N) is 2. The van der Waals surface area contributed by atoms with Crippen LogP contribution in [-0.2, 0) is 16.1 Å². The Morgan fingerprint density at radius 3 is 2.63 bits per heavy atom. The highest BCUT2D eigenvalue weighted by molar-refractivity contribution is 9.10. The van der Waals surface area contributed by atoms with E-state index in [0.29, 0.717) is 18.4 Å². The summed E-state index contributed by atoms with van der Waals surface area (Å²) in [4.78, 5) is 30.3. The summed E-state index contributed by atoms with van der Waals surface area (Å²) in [5.74, 6) is 0.592. The Hall–Kier alpha value is -1.99. The molecule has 2 aromatic heterocycles. The van der Waals surface area contributed by atoms with E-state index in [1.54, 1.807) is 4.57 Å². The molecule has 27 heavy (non-hydrogen) atoms. The average Bonchev–Trinajstić information content (AvgIpc) is 3.08. The van der Waals surface area contributed by atoms with Crippen molar-refractivity contribution in [3.8, 4) is 11.1 Å². The molecule has 2 heterocycles. The maximum absolute atomic E-state index is 13.3. The molecule has 0 aliphatic rings. The summed E-state index contributed by atoms with van der Waals surface area (Å²) in [6.07, 6.45) is 0.818. The second kappa shape index (κ2) is 8.35. The summed E-state index contributed by atoms with van der Waals surface area (Å²) < 4.78 is 7.40. The second-order valence-corrected chi connectivity index (χ2v) is 8.37. The minimum Gasteiger partial charge on any atom is -0.469 e. The zero-order chi connectivity index (χ0) is 19.6. The van der Waals surface area contributed by atoms with Gasteiger partial charge in [0.15, 0.2) is 0 Å². The van der Waals surface area contributed by atoms with E-state index in [4.69, 9.17) is 9.72 Å². The molecule has 0 aliphatic heterocycles. The molecule has 3 rings (SSSR count). The Morgan fingerprint density at radius 2 is 2.00 bits per heavy atom. The van der Waals surface area contributed by atoms with Gasteiger partial charge in [0, 0.05) is 34.3 Å². The molecule has 0 atom stereocenters. The molecule has 142 valence electrons. The number of hydrogen-bond acceptors (Lipinski definition) is 5. The third-order valence-electron chi connectivity index (χ3n) is 4.39. The van der Waals surface area contributed by atoms with Crippen LogP contribution in [0.2, 0.25) is 0 Å². The van der Waals surface area contributed by atoms with E-state index < -0.39 is 0 Å². The van der Waals surface area contributed by atoms with Gasteiger partial charge in [-0.05, 0) is 24.1 Å². The number of carbonyl (C=O) groups is 1. The van der Waals surface area contributed by atoms with Gasteiger partial charge in [0.2, 0.25) is 0 Å². The average molecular weight is 449 g/mol. The van der Waals surface area contributed by atoms with E-state index in [1.165, 1.54) is 18.4 Å². The number of thiophene rings is 1. The summed E-state index contributed by atoms with van der Waals surface area (Å²) >= 11 is 4.93. The van der Waals surface area contributed by atoms with Crippen LogP contribution in [0.25, 0.3) is 21.3 Å². The molecule has 3 aromatic rings. The van der Waals surface area contributed by atoms with Crippen LogP contribution in [0.3, 0.4) is 0 Å². The number of fused-ring (bicyclic) bond motifs is 1. The number of ether oxygens (including phenoxy) is 1. The molecule has 0 saturated carbocycles. The van der Waals surface area contributed by atoms with Crippen LogP contribution in [0.5, 0.6) is 0 Å². The van der Waals surface area contributed by atoms with E-state index in [9.17, 15) is 9.59 Å². The number of rotatable bonds is 6. The number of carbonyl (C=O) groups excluding carboxylic acids is 1. The summed E-state index contributed by atoms with van der Waals surface area (Å²) in [5.41, 5.74) is 1.84. The zero-order valence-electron chi connectivity index (χ0n) is 15.5. The van der Waals surface area contributed by atoms with Gasteiger partial charge < -0.3 is 4.74 Å². The van der Waals surface area contributed by atoms with Crippen molar-refractivity contribution in [2.24, 2.45) is 0 Å². The first-order valence-electron chi connectivity index (χ1n) is 8.77. The van der Waals surface area contributed by atoms with Gasteiger partial charge >= 0.3 is 5.97 Å². The molecule has 0 unspecified atom stereocenters. The molecule has 1 aromatic carbocycles. The molecule has 7 heteroatoms. The fourth-order valence-electron chi connectivity index (χ4n) is 3.02. The largest absolute Gasteiger partial charge is 0.469 e. The van der Waals surface area contributed by atoms with Gasteiger partial charge in [0.05, 0.1) is 12.5 Å². The van der Waals surface area contributed by atoms with Gasteiger partial charge in [-0.3, -0.25) is 14.2 Å². The van der Waals surface area contributed by atoms with Gasteiger partial charge in [-0.2, -0.15) is 0 Å². The van der Waals surface area contributed by atoms with Crippen molar-refractivity contribution < 1.29 is 9.53 Å². The highest BCUT2D eigenvalue weighted by atomic mass is 79.9. The Labute approximate surface area is 170 Å². The van der Waals surface area contributed by atoms with Crippen molar-refractivity contribution in [2.75, 3.05) is 7.11 Å². The van der Waals surface area contributed by atoms with E-state index >= 15 is 0 Å². The Morgan fingerprint density at radius 1 is 1.30 bits per heavy atom. The van der Waals surface area contributed by atoms with Gasteiger partial charge in [-0.15, -0.1) is 11.3 Å². The SMILES string of the molecule is COC(=O)CCCn1c(C(C)C)nc2scc(-c3ccc(Br)cc3)c2c1=O. The molecular formula is C20H21BrN2O3S. The van der Waals surface area contributed by atoms with Crippen LogP contribution in [0, 0.1) is 0 Å². The van der Waals surface area contributed by atoms with Crippen LogP contribution >= 0.6 is 27.3 Å². The molecular weight excluding hydrogens is 428 g/mol. The van der Waals surface area contributed by atoms with Crippen molar-refractivity contribution in [1.82, 2.24) is 9.55 Å². The first-order valence-corrected chi connectivity index (χ1v) is 10.4. The molecule has 0 N–H and O–H groups in total. The standard InChI is InChI=1S/C20H21BrN2O3S/c1-12(2)18-22-19-17(20(25)23(18)10-4-5-16(24)26-3)15(11-27-19)13-6-8-14(21)9-7-13/h6-9,11-12H,4-5,10H2,1-3H3. The molecule has 0 radical (unpaired) electrons. The topological polar surface area (TPSA) is 61.2 Å². The molecule has 0 spiro atoms. The van der Waals surface area contributed by atoms with Crippen LogP contribution in [0.4, 0.5) is 0 Å². The highest BCUT2D eigenvalue weighted by Gasteiger charge is 2.18. The number of halogens is 1. The summed E-state index contributed by atoms with van der Waals surface area (Å²) in [5, 5.41) is 2.63. The van der Waals surface area contributed by atoms with Crippen LogP contribution < -0.4 is 5.56 Å². The van der Waals surface area contributed by atoms with Crippen molar-refractivity contribution >= 4 is 43.5 Å². The van der Waals surface area contributed by atoms with Gasteiger partial charge in [0.25, 0.3) is 5.56 Å². The van der Waals surface area contributed by atoms with Crippen molar-refractivity contribution in [3.05, 3.63) is 50.3 Å². The highest BCUT2D eigenvalue weighted by Crippen LogP contribution is 2.32. The lowest BCUT2D eigenvalue weighted by atomic mass is 10.1. The van der Waals surface area contributed by atoms with Gasteiger partial charge in [0.1, 0.15) is 10.7 Å². The van der Waals surface area contributed by atoms with E-state index in [0.717, 1.165) is 26.3 Å². The first-order chi connectivity index (χ1) is 12.9. The molecule has 0 bridgehead atoms. The number of aromatic nitrogens is 2. The third-order valence-corrected chi connectivity index (χ3v) is 5.79. The van der Waals surface area contributed by atoms with E-state index in [1.807, 2.05) is 43.5 Å². The summed E-state index contributed by atoms with van der Waals surface area (Å²) in [6, 6.07) is 7.90. The second-order valence-electron chi connectivity index (χ2n) is 6.60. The fraction of sp³-hybridized carbons (Fsp3) is 0.350. The summed E-state index contributed by atoms with van der Waals surface area (Å²) in [7, 11) is 1.37. The monoisotopic (exact) mass is 448 g/mol. The smallest absolute Gasteiger partial charge is 0.305 e. The molecule has 0 saturated heterocycles. The maximum Gasteiger partial charge on any atom is 0.305 e. The lowest BCUT2D eigenvalue weighted by Gasteiger charge is -2.15. The van der Waals surface area contributed by atoms with Crippen molar-refractivity contribution in [2.45, 2.75) is 39.2 Å². The lowest BCUT2D eigenvalue weighted by Crippen LogP contribution is -2.26. The number of benzene rings is 1. The molecule has 0 amide bonds. The normalized spacial score (nSPS) is 11.3. The molecule has 0 fully saturated rings. The number of hydrogen-bond donors (Lipinski definition) is 0. The Kier molecular flexibility index (Phi) is 6.11. The minimum atomic E-state index is -0.269. The number of esters is 1. The quantitative estimate of drug-likeness (QED) is 0.499. The van der Waals surface area contributed by atoms with Gasteiger partial charge in [-0.1, -0.05) is 41.9 Å². The Bertz CT molecular complexity index is 1020. The fourth-order valence-corrected chi connectivity index (χ4v) is 4.23. The Balaban J connectivity index is 2.09. The van der Waals surface area contributed by atoms with Crippen LogP contribution in [0.1, 0.15) is 38.4 Å². The van der Waals surface area contributed by atoms with Crippen molar-refractivity contribution in [1.29, 1.82) is 0 Å². The minimum absolute atomic E-state index is 0.0484. The van der Waals surface area contributed by atoms with Crippen LogP contribution in [-0.4, -0.2) is 22.6 Å². The lowest BCUT2D eigenvalue weighted by molar-refractivity contribution is -0.140. The predicted octanol–water partition coefficient (Wildman–Crippen LogP) is 4.96. The predicted molar refractivity (Wildman–Crippen MR) is 112 cm³/mol. The zero-order valence-corrected chi connectivity index (χ0v) is 17.9. The third kappa shape index (κ3) is 4.14. The first kappa shape index (κ1) is 19.8. The molecule has 5 nitrogen and oxygen atoms in total. The number of methoxy groups -OCH3 is 1. The molecule has 0 aliphatic carbocycles. The van der Waals surface area contributed by atoms with E-state index in [2.05, 4.69) is 15.9 Å².